The van der Waals surface area contributed by atoms with Crippen molar-refractivity contribution >= 4 is 32.3 Å². The summed E-state index contributed by atoms with van der Waals surface area (Å²) in [6.07, 6.45) is 0. The first kappa shape index (κ1) is 8.57. The zero-order valence-electron chi connectivity index (χ0n) is 5.58. The molecule has 0 radical (unpaired) electrons. The third kappa shape index (κ3) is 2.21. The molecule has 1 atom stereocenters. The predicted molar refractivity (Wildman–Crippen MR) is 50.0 cm³/mol. The van der Waals surface area contributed by atoms with Crippen LogP contribution in [0, 0.1) is 5.82 Å². The number of hydrogen-bond donors (Lipinski definition) is 0. The summed E-state index contributed by atoms with van der Waals surface area (Å²) in [7, 11) is 2.39. The molecule has 0 aliphatic heterocycles. The third-order valence-electron chi connectivity index (χ3n) is 1.13. The number of thiocarbonyl (C=S) groups is 1. The Kier molecular flexibility index (Phi) is 2.92. The minimum atomic E-state index is -0.404. The fraction of sp³-hybridized carbons (Fsp3) is 0. The lowest BCUT2D eigenvalue weighted by molar-refractivity contribution is 0.512. The molecule has 1 nitrogen and oxygen atoms in total. The maximum absolute atomic E-state index is 12.8. The average molecular weight is 188 g/mol. The molecule has 0 aromatic heterocycles. The standard InChI is InChI=1S/C7H6FOPS/c8-6-3-5(10)1-2-7(6)9-4-11/h1-4H,10H2. The molecule has 0 N–H and O–H groups in total. The van der Waals surface area contributed by atoms with Gasteiger partial charge < -0.3 is 4.74 Å². The number of benzene rings is 1. The van der Waals surface area contributed by atoms with Crippen molar-refractivity contribution in [3.63, 3.8) is 0 Å². The lowest BCUT2D eigenvalue weighted by Gasteiger charge is -2.00. The highest BCUT2D eigenvalue weighted by Gasteiger charge is 2.00. The van der Waals surface area contributed by atoms with Crippen LogP contribution >= 0.6 is 21.5 Å². The summed E-state index contributed by atoms with van der Waals surface area (Å²) < 4.78 is 17.5. The van der Waals surface area contributed by atoms with E-state index in [1.54, 1.807) is 6.07 Å². The van der Waals surface area contributed by atoms with Crippen molar-refractivity contribution in [3.8, 4) is 5.75 Å². The van der Waals surface area contributed by atoms with Gasteiger partial charge in [-0.15, -0.1) is 9.24 Å². The maximum atomic E-state index is 12.8. The molecule has 1 rings (SSSR count). The topological polar surface area (TPSA) is 9.23 Å². The molecule has 11 heavy (non-hydrogen) atoms. The molecule has 0 saturated carbocycles. The van der Waals surface area contributed by atoms with E-state index in [9.17, 15) is 4.39 Å². The van der Waals surface area contributed by atoms with Gasteiger partial charge in [-0.3, -0.25) is 0 Å². The minimum Gasteiger partial charge on any atom is -0.451 e. The van der Waals surface area contributed by atoms with Crippen LogP contribution in [0.15, 0.2) is 18.2 Å². The summed E-state index contributed by atoms with van der Waals surface area (Å²) in [4.78, 5) is 0. The van der Waals surface area contributed by atoms with E-state index in [0.717, 1.165) is 10.9 Å². The largest absolute Gasteiger partial charge is 0.451 e. The Morgan fingerprint density at radius 2 is 2.27 bits per heavy atom. The van der Waals surface area contributed by atoms with Crippen LogP contribution in [0.2, 0.25) is 0 Å². The fourth-order valence-corrected chi connectivity index (χ4v) is 1.01. The van der Waals surface area contributed by atoms with E-state index >= 15 is 0 Å². The summed E-state index contributed by atoms with van der Waals surface area (Å²) in [5, 5.41) is 0.777. The normalized spacial score (nSPS) is 9.27. The lowest BCUT2D eigenvalue weighted by Crippen LogP contribution is -1.96. The van der Waals surface area contributed by atoms with Crippen LogP contribution in [0.4, 0.5) is 4.39 Å². The van der Waals surface area contributed by atoms with Gasteiger partial charge in [-0.05, 0) is 29.7 Å². The summed E-state index contributed by atoms with van der Waals surface area (Å²) in [6.45, 7) is 0. The Balaban J connectivity index is 2.98. The van der Waals surface area contributed by atoms with E-state index in [0.29, 0.717) is 0 Å². The molecule has 1 unspecified atom stereocenters. The van der Waals surface area contributed by atoms with Gasteiger partial charge in [-0.1, -0.05) is 6.07 Å². The monoisotopic (exact) mass is 188 g/mol. The summed E-state index contributed by atoms with van der Waals surface area (Å²) in [5.41, 5.74) is 1.03. The quantitative estimate of drug-likeness (QED) is 0.515. The molecule has 0 aliphatic rings. The highest BCUT2D eigenvalue weighted by molar-refractivity contribution is 7.78. The lowest BCUT2D eigenvalue weighted by atomic mass is 10.3. The van der Waals surface area contributed by atoms with E-state index in [2.05, 4.69) is 21.5 Å². The minimum absolute atomic E-state index is 0.159. The molecule has 0 spiro atoms. The SMILES string of the molecule is Fc1cc(P)ccc1OC=S. The molecule has 1 aromatic carbocycles. The van der Waals surface area contributed by atoms with Crippen LogP contribution in [0.1, 0.15) is 0 Å². The second-order valence-corrected chi connectivity index (χ2v) is 2.76. The highest BCUT2D eigenvalue weighted by Crippen LogP contribution is 2.14. The molecule has 0 bridgehead atoms. The summed E-state index contributed by atoms with van der Waals surface area (Å²) in [6, 6.07) is 4.61. The van der Waals surface area contributed by atoms with Gasteiger partial charge >= 0.3 is 0 Å². The van der Waals surface area contributed by atoms with Gasteiger partial charge in [-0.25, -0.2) is 4.39 Å². The van der Waals surface area contributed by atoms with Crippen molar-refractivity contribution in [2.24, 2.45) is 0 Å². The van der Waals surface area contributed by atoms with Crippen molar-refractivity contribution in [3.05, 3.63) is 24.0 Å². The van der Waals surface area contributed by atoms with E-state index in [1.807, 2.05) is 0 Å². The second-order valence-electron chi connectivity index (χ2n) is 1.90. The molecule has 0 heterocycles. The Bertz CT molecular complexity index is 277. The molecular weight excluding hydrogens is 182 g/mol. The van der Waals surface area contributed by atoms with Crippen LogP contribution in [0.25, 0.3) is 0 Å². The van der Waals surface area contributed by atoms with E-state index in [-0.39, 0.29) is 5.75 Å². The second kappa shape index (κ2) is 3.74. The van der Waals surface area contributed by atoms with Crippen molar-refractivity contribution in [2.75, 3.05) is 0 Å². The van der Waals surface area contributed by atoms with Gasteiger partial charge in [0.25, 0.3) is 0 Å². The zero-order valence-corrected chi connectivity index (χ0v) is 7.55. The Labute approximate surface area is 71.8 Å². The third-order valence-corrected chi connectivity index (χ3v) is 1.59. The molecule has 4 heteroatoms. The van der Waals surface area contributed by atoms with Gasteiger partial charge in [0.05, 0.1) is 0 Å². The van der Waals surface area contributed by atoms with Crippen molar-refractivity contribution in [1.29, 1.82) is 0 Å². The number of rotatable bonds is 2. The summed E-state index contributed by atoms with van der Waals surface area (Å²) in [5.74, 6) is -0.246. The fourth-order valence-electron chi connectivity index (χ4n) is 0.665. The first-order chi connectivity index (χ1) is 5.24. The smallest absolute Gasteiger partial charge is 0.166 e. The molecule has 0 aliphatic carbocycles. The molecule has 58 valence electrons. The Morgan fingerprint density at radius 1 is 1.55 bits per heavy atom. The van der Waals surface area contributed by atoms with Gasteiger partial charge in [0, 0.05) is 0 Å². The highest BCUT2D eigenvalue weighted by atomic mass is 32.1. The van der Waals surface area contributed by atoms with Crippen LogP contribution < -0.4 is 10.0 Å². The van der Waals surface area contributed by atoms with E-state index < -0.39 is 5.82 Å². The number of ether oxygens (including phenoxy) is 1. The molecule has 0 amide bonds. The maximum Gasteiger partial charge on any atom is 0.166 e. The van der Waals surface area contributed by atoms with E-state index in [4.69, 9.17) is 4.74 Å². The molecule has 0 fully saturated rings. The van der Waals surface area contributed by atoms with Gasteiger partial charge in [-0.2, -0.15) is 0 Å². The van der Waals surface area contributed by atoms with E-state index in [1.165, 1.54) is 12.1 Å². The van der Waals surface area contributed by atoms with Gasteiger partial charge in [0.1, 0.15) is 0 Å². The zero-order chi connectivity index (χ0) is 8.27. The van der Waals surface area contributed by atoms with Gasteiger partial charge in [0.2, 0.25) is 0 Å². The van der Waals surface area contributed by atoms with Gasteiger partial charge in [0.15, 0.2) is 17.1 Å². The Hall–Kier alpha value is -0.530. The van der Waals surface area contributed by atoms with Crippen LogP contribution in [0.5, 0.6) is 5.75 Å². The van der Waals surface area contributed by atoms with Crippen molar-refractivity contribution in [1.82, 2.24) is 0 Å². The van der Waals surface area contributed by atoms with Crippen molar-refractivity contribution in [2.45, 2.75) is 0 Å². The number of halogens is 1. The average Bonchev–Trinajstić information content (AvgIpc) is 1.95. The number of hydrogen-bond acceptors (Lipinski definition) is 2. The van der Waals surface area contributed by atoms with Crippen LogP contribution in [0.3, 0.4) is 0 Å². The van der Waals surface area contributed by atoms with Crippen LogP contribution in [-0.2, 0) is 0 Å². The summed E-state index contributed by atoms with van der Waals surface area (Å²) >= 11 is 4.41. The van der Waals surface area contributed by atoms with Crippen LogP contribution in [-0.4, -0.2) is 5.55 Å². The first-order valence-corrected chi connectivity index (χ1v) is 3.94. The predicted octanol–water partition coefficient (Wildman–Crippen LogP) is 1.66. The molecule has 0 saturated heterocycles. The molecule has 1 aromatic rings. The first-order valence-electron chi connectivity index (χ1n) is 2.89. The molecular formula is C7H6FOPS. The van der Waals surface area contributed by atoms with Crippen molar-refractivity contribution < 1.29 is 9.13 Å². The Morgan fingerprint density at radius 3 is 2.82 bits per heavy atom.